The summed E-state index contributed by atoms with van der Waals surface area (Å²) in [6.07, 6.45) is 3.25. The Morgan fingerprint density at radius 2 is 2.10 bits per heavy atom. The van der Waals surface area contributed by atoms with Gasteiger partial charge in [0.1, 0.15) is 9.84 Å². The number of aromatic nitrogens is 3. The van der Waals surface area contributed by atoms with Gasteiger partial charge in [-0.25, -0.2) is 13.4 Å². The Balaban J connectivity index is 1.67. The van der Waals surface area contributed by atoms with Crippen molar-refractivity contribution < 1.29 is 8.42 Å². The molecule has 1 aliphatic heterocycles. The molecule has 21 heavy (non-hydrogen) atoms. The van der Waals surface area contributed by atoms with E-state index in [4.69, 9.17) is 0 Å². The molecule has 6 nitrogen and oxygen atoms in total. The van der Waals surface area contributed by atoms with Crippen LogP contribution >= 0.6 is 0 Å². The van der Waals surface area contributed by atoms with Crippen LogP contribution < -0.4 is 5.32 Å². The predicted octanol–water partition coefficient (Wildman–Crippen LogP) is 0.944. The van der Waals surface area contributed by atoms with Crippen LogP contribution in [0.15, 0.2) is 12.3 Å². The van der Waals surface area contributed by atoms with Gasteiger partial charge in [0, 0.05) is 31.2 Å². The van der Waals surface area contributed by atoms with Crippen LogP contribution in [0.4, 0.5) is 0 Å². The molecule has 1 N–H and O–H groups in total. The van der Waals surface area contributed by atoms with E-state index < -0.39 is 9.84 Å². The van der Waals surface area contributed by atoms with Gasteiger partial charge in [-0.3, -0.25) is 4.68 Å². The first-order valence-corrected chi connectivity index (χ1v) is 8.99. The molecular formula is C14H20N4O2S. The fourth-order valence-corrected chi connectivity index (χ4v) is 4.30. The third kappa shape index (κ3) is 3.08. The van der Waals surface area contributed by atoms with Crippen LogP contribution in [0, 0.1) is 6.92 Å². The fourth-order valence-electron chi connectivity index (χ4n) is 2.80. The van der Waals surface area contributed by atoms with Crippen molar-refractivity contribution in [1.29, 1.82) is 0 Å². The first-order chi connectivity index (χ1) is 9.94. The highest BCUT2D eigenvalue weighted by Gasteiger charge is 2.23. The van der Waals surface area contributed by atoms with Gasteiger partial charge < -0.3 is 5.32 Å². The van der Waals surface area contributed by atoms with Crippen LogP contribution in [0.5, 0.6) is 0 Å². The Morgan fingerprint density at radius 1 is 1.38 bits per heavy atom. The molecule has 0 atom stereocenters. The van der Waals surface area contributed by atoms with E-state index in [1.165, 1.54) is 0 Å². The quantitative estimate of drug-likeness (QED) is 0.913. The van der Waals surface area contributed by atoms with E-state index in [1.807, 2.05) is 20.2 Å². The molecule has 3 rings (SSSR count). The predicted molar refractivity (Wildman–Crippen MR) is 81.8 cm³/mol. The zero-order valence-electron chi connectivity index (χ0n) is 12.3. The summed E-state index contributed by atoms with van der Waals surface area (Å²) < 4.78 is 24.6. The van der Waals surface area contributed by atoms with Gasteiger partial charge in [0.05, 0.1) is 17.2 Å². The minimum absolute atomic E-state index is 0.277. The van der Waals surface area contributed by atoms with Crippen molar-refractivity contribution in [3.8, 4) is 0 Å². The molecule has 1 fully saturated rings. The summed E-state index contributed by atoms with van der Waals surface area (Å²) in [4.78, 5) is 4.45. The number of pyridine rings is 1. The van der Waals surface area contributed by atoms with Gasteiger partial charge in [-0.1, -0.05) is 0 Å². The van der Waals surface area contributed by atoms with E-state index in [9.17, 15) is 8.42 Å². The number of nitrogens with one attached hydrogen (secondary N) is 1. The standard InChI is InChI=1S/C14H20N4O2S/c1-10-13-7-11(9-16-14(13)18(2)17-10)8-15-12-3-5-21(19,20)6-4-12/h7,9,12,15H,3-6,8H2,1-2H3. The van der Waals surface area contributed by atoms with Crippen LogP contribution in [0.1, 0.15) is 24.1 Å². The third-order valence-electron chi connectivity index (χ3n) is 4.07. The first-order valence-electron chi connectivity index (χ1n) is 7.17. The second-order valence-corrected chi connectivity index (χ2v) is 8.03. The van der Waals surface area contributed by atoms with E-state index in [-0.39, 0.29) is 6.04 Å². The molecule has 0 aliphatic carbocycles. The van der Waals surface area contributed by atoms with Crippen LogP contribution in [0.2, 0.25) is 0 Å². The second-order valence-electron chi connectivity index (χ2n) is 5.73. The van der Waals surface area contributed by atoms with E-state index in [1.54, 1.807) is 4.68 Å². The molecule has 2 aromatic rings. The lowest BCUT2D eigenvalue weighted by molar-refractivity contribution is 0.463. The normalized spacial score (nSPS) is 19.1. The van der Waals surface area contributed by atoms with E-state index in [0.717, 1.165) is 22.3 Å². The van der Waals surface area contributed by atoms with Gasteiger partial charge in [0.15, 0.2) is 5.65 Å². The maximum absolute atomic E-state index is 11.4. The minimum Gasteiger partial charge on any atom is -0.310 e. The number of aryl methyl sites for hydroxylation is 2. The molecule has 0 radical (unpaired) electrons. The largest absolute Gasteiger partial charge is 0.310 e. The van der Waals surface area contributed by atoms with E-state index in [0.29, 0.717) is 30.9 Å². The van der Waals surface area contributed by atoms with Crippen molar-refractivity contribution in [1.82, 2.24) is 20.1 Å². The number of hydrogen-bond donors (Lipinski definition) is 1. The Kier molecular flexibility index (Phi) is 3.71. The van der Waals surface area contributed by atoms with Crippen molar-refractivity contribution in [2.24, 2.45) is 7.05 Å². The Bertz CT molecular complexity index is 753. The van der Waals surface area contributed by atoms with Gasteiger partial charge in [-0.15, -0.1) is 0 Å². The summed E-state index contributed by atoms with van der Waals surface area (Å²) in [7, 11) is -0.902. The second kappa shape index (κ2) is 5.38. The molecule has 0 spiro atoms. The summed E-state index contributed by atoms with van der Waals surface area (Å²) in [6, 6.07) is 2.39. The fraction of sp³-hybridized carbons (Fsp3) is 0.571. The first kappa shape index (κ1) is 14.5. The molecule has 0 aromatic carbocycles. The van der Waals surface area contributed by atoms with Crippen molar-refractivity contribution in [3.63, 3.8) is 0 Å². The average molecular weight is 308 g/mol. The van der Waals surface area contributed by atoms with Gasteiger partial charge >= 0.3 is 0 Å². The third-order valence-corrected chi connectivity index (χ3v) is 5.78. The summed E-state index contributed by atoms with van der Waals surface area (Å²) in [5.74, 6) is 0.591. The highest BCUT2D eigenvalue weighted by atomic mass is 32.2. The van der Waals surface area contributed by atoms with Crippen LogP contribution in [0.3, 0.4) is 0 Å². The molecule has 114 valence electrons. The lowest BCUT2D eigenvalue weighted by Gasteiger charge is -2.23. The lowest BCUT2D eigenvalue weighted by Crippen LogP contribution is -2.37. The Hall–Kier alpha value is -1.47. The summed E-state index contributed by atoms with van der Waals surface area (Å²) in [6.45, 7) is 2.69. The number of sulfone groups is 1. The zero-order chi connectivity index (χ0) is 15.0. The molecular weight excluding hydrogens is 288 g/mol. The molecule has 7 heteroatoms. The van der Waals surface area contributed by atoms with E-state index in [2.05, 4.69) is 21.5 Å². The highest BCUT2D eigenvalue weighted by molar-refractivity contribution is 7.91. The van der Waals surface area contributed by atoms with Crippen LogP contribution in [-0.4, -0.2) is 40.7 Å². The molecule has 0 unspecified atom stereocenters. The van der Waals surface area contributed by atoms with Crippen molar-refractivity contribution in [2.75, 3.05) is 11.5 Å². The lowest BCUT2D eigenvalue weighted by atomic mass is 10.1. The Labute approximate surface area is 124 Å². The number of rotatable bonds is 3. The van der Waals surface area contributed by atoms with Crippen LogP contribution in [-0.2, 0) is 23.4 Å². The monoisotopic (exact) mass is 308 g/mol. The summed E-state index contributed by atoms with van der Waals surface area (Å²) in [5.41, 5.74) is 2.97. The minimum atomic E-state index is -2.79. The number of fused-ring (bicyclic) bond motifs is 1. The van der Waals surface area contributed by atoms with Gasteiger partial charge in [0.25, 0.3) is 0 Å². The van der Waals surface area contributed by atoms with Crippen molar-refractivity contribution >= 4 is 20.9 Å². The van der Waals surface area contributed by atoms with Crippen molar-refractivity contribution in [3.05, 3.63) is 23.5 Å². The SMILES string of the molecule is Cc1nn(C)c2ncc(CNC3CCS(=O)(=O)CC3)cc12. The summed E-state index contributed by atoms with van der Waals surface area (Å²) in [5, 5.41) is 8.87. The Morgan fingerprint density at radius 3 is 2.81 bits per heavy atom. The van der Waals surface area contributed by atoms with Gasteiger partial charge in [-0.2, -0.15) is 5.10 Å². The zero-order valence-corrected chi connectivity index (χ0v) is 13.2. The van der Waals surface area contributed by atoms with Gasteiger partial charge in [-0.05, 0) is 31.4 Å². The maximum Gasteiger partial charge on any atom is 0.157 e. The molecule has 0 bridgehead atoms. The smallest absolute Gasteiger partial charge is 0.157 e. The topological polar surface area (TPSA) is 76.9 Å². The molecule has 0 saturated carbocycles. The highest BCUT2D eigenvalue weighted by Crippen LogP contribution is 2.17. The van der Waals surface area contributed by atoms with Crippen molar-refractivity contribution in [2.45, 2.75) is 32.4 Å². The molecule has 0 amide bonds. The maximum atomic E-state index is 11.4. The molecule has 1 saturated heterocycles. The van der Waals surface area contributed by atoms with Gasteiger partial charge in [0.2, 0.25) is 0 Å². The molecule has 1 aliphatic rings. The number of nitrogens with zero attached hydrogens (tertiary/aromatic N) is 3. The molecule has 3 heterocycles. The van der Waals surface area contributed by atoms with Crippen LogP contribution in [0.25, 0.3) is 11.0 Å². The molecule has 2 aromatic heterocycles. The average Bonchev–Trinajstić information content (AvgIpc) is 2.73. The number of hydrogen-bond acceptors (Lipinski definition) is 5. The van der Waals surface area contributed by atoms with E-state index >= 15 is 0 Å². The summed E-state index contributed by atoms with van der Waals surface area (Å²) >= 11 is 0.